The maximum absolute atomic E-state index is 4.99. The van der Waals surface area contributed by atoms with E-state index in [0.29, 0.717) is 18.0 Å². The molecule has 3 aliphatic rings. The van der Waals surface area contributed by atoms with E-state index in [9.17, 15) is 0 Å². The third-order valence-electron chi connectivity index (χ3n) is 6.05. The maximum atomic E-state index is 4.99. The van der Waals surface area contributed by atoms with Crippen molar-refractivity contribution in [1.29, 1.82) is 0 Å². The number of rotatable bonds is 1. The molecular formula is C19H25N5. The normalized spacial score (nSPS) is 27.8. The van der Waals surface area contributed by atoms with Crippen LogP contribution in [0.1, 0.15) is 50.0 Å². The van der Waals surface area contributed by atoms with E-state index < -0.39 is 0 Å². The molecule has 0 spiro atoms. The van der Waals surface area contributed by atoms with Crippen molar-refractivity contribution in [2.75, 3.05) is 13.1 Å². The smallest absolute Gasteiger partial charge is 0.194 e. The van der Waals surface area contributed by atoms with Gasteiger partial charge in [0.15, 0.2) is 5.96 Å². The molecule has 0 amide bonds. The molecule has 0 bridgehead atoms. The van der Waals surface area contributed by atoms with E-state index in [1.807, 2.05) is 12.3 Å². The van der Waals surface area contributed by atoms with Crippen LogP contribution in [0.5, 0.6) is 0 Å². The van der Waals surface area contributed by atoms with Crippen LogP contribution >= 0.6 is 0 Å². The highest BCUT2D eigenvalue weighted by Gasteiger charge is 2.34. The molecule has 2 aromatic heterocycles. The van der Waals surface area contributed by atoms with Crippen LogP contribution in [0, 0.1) is 0 Å². The van der Waals surface area contributed by atoms with Crippen molar-refractivity contribution in [2.24, 2.45) is 4.99 Å². The van der Waals surface area contributed by atoms with Crippen molar-refractivity contribution in [1.82, 2.24) is 20.2 Å². The summed E-state index contributed by atoms with van der Waals surface area (Å²) in [5.74, 6) is 1.80. The number of likely N-dealkylation sites (tertiary alicyclic amines) is 1. The van der Waals surface area contributed by atoms with Gasteiger partial charge in [0.25, 0.3) is 0 Å². The zero-order valence-corrected chi connectivity index (χ0v) is 14.0. The van der Waals surface area contributed by atoms with E-state index in [1.54, 1.807) is 0 Å². The molecule has 2 aliphatic heterocycles. The first-order valence-corrected chi connectivity index (χ1v) is 9.40. The number of aliphatic imine (C=N–C) groups is 1. The van der Waals surface area contributed by atoms with E-state index in [1.165, 1.54) is 55.4 Å². The lowest BCUT2D eigenvalue weighted by molar-refractivity contribution is 0.305. The molecule has 0 radical (unpaired) electrons. The van der Waals surface area contributed by atoms with Crippen molar-refractivity contribution in [3.8, 4) is 0 Å². The number of aromatic nitrogens is 2. The van der Waals surface area contributed by atoms with Crippen LogP contribution in [-0.2, 0) is 0 Å². The van der Waals surface area contributed by atoms with Gasteiger partial charge in [-0.3, -0.25) is 0 Å². The van der Waals surface area contributed by atoms with Crippen molar-refractivity contribution < 1.29 is 0 Å². The molecule has 1 saturated heterocycles. The van der Waals surface area contributed by atoms with Crippen LogP contribution < -0.4 is 5.32 Å². The molecule has 2 aromatic rings. The average Bonchev–Trinajstić information content (AvgIpc) is 3.26. The van der Waals surface area contributed by atoms with Crippen molar-refractivity contribution in [3.05, 3.63) is 30.1 Å². The second-order valence-electron chi connectivity index (χ2n) is 7.46. The summed E-state index contributed by atoms with van der Waals surface area (Å²) in [6.07, 6.45) is 11.7. The average molecular weight is 323 g/mol. The number of guanidine groups is 1. The number of piperidine rings is 1. The Kier molecular flexibility index (Phi) is 3.46. The van der Waals surface area contributed by atoms with Gasteiger partial charge < -0.3 is 15.2 Å². The fraction of sp³-hybridized carbons (Fsp3) is 0.579. The number of H-pyrrole nitrogens is 1. The highest BCUT2D eigenvalue weighted by atomic mass is 15.3. The van der Waals surface area contributed by atoms with Crippen LogP contribution in [0.2, 0.25) is 0 Å². The van der Waals surface area contributed by atoms with Gasteiger partial charge in [-0.1, -0.05) is 12.8 Å². The molecule has 2 fully saturated rings. The number of pyridine rings is 1. The lowest BCUT2D eigenvalue weighted by atomic mass is 9.89. The van der Waals surface area contributed by atoms with Gasteiger partial charge in [0.1, 0.15) is 5.65 Å². The summed E-state index contributed by atoms with van der Waals surface area (Å²) in [5.41, 5.74) is 2.45. The molecule has 0 aromatic carbocycles. The predicted octanol–water partition coefficient (Wildman–Crippen LogP) is 3.01. The Bertz CT molecular complexity index is 756. The first-order chi connectivity index (χ1) is 11.9. The van der Waals surface area contributed by atoms with Crippen LogP contribution in [0.15, 0.2) is 29.5 Å². The number of hydrogen-bond acceptors (Lipinski definition) is 4. The SMILES string of the molecule is c1cnc2[nH]cc(C3CCN(C4=N[C@@H]5CCCC[C@H]5N4)CC3)c2c1. The van der Waals surface area contributed by atoms with Gasteiger partial charge in [-0.25, -0.2) is 9.98 Å². The Morgan fingerprint density at radius 1 is 1.08 bits per heavy atom. The molecule has 1 aliphatic carbocycles. The first kappa shape index (κ1) is 14.3. The minimum Gasteiger partial charge on any atom is -0.351 e. The Hall–Kier alpha value is -2.04. The van der Waals surface area contributed by atoms with Gasteiger partial charge >= 0.3 is 0 Å². The quantitative estimate of drug-likeness (QED) is 0.848. The van der Waals surface area contributed by atoms with E-state index in [-0.39, 0.29) is 0 Å². The molecule has 126 valence electrons. The van der Waals surface area contributed by atoms with Crippen LogP contribution in [0.3, 0.4) is 0 Å². The highest BCUT2D eigenvalue weighted by molar-refractivity contribution is 5.83. The molecule has 2 N–H and O–H groups in total. The monoisotopic (exact) mass is 323 g/mol. The maximum Gasteiger partial charge on any atom is 0.194 e. The van der Waals surface area contributed by atoms with Gasteiger partial charge in [-0.15, -0.1) is 0 Å². The molecule has 1 saturated carbocycles. The lowest BCUT2D eigenvalue weighted by Gasteiger charge is -2.33. The second-order valence-corrected chi connectivity index (χ2v) is 7.46. The van der Waals surface area contributed by atoms with E-state index in [4.69, 9.17) is 4.99 Å². The van der Waals surface area contributed by atoms with Crippen LogP contribution in [0.4, 0.5) is 0 Å². The van der Waals surface area contributed by atoms with E-state index in [0.717, 1.165) is 18.7 Å². The summed E-state index contributed by atoms with van der Waals surface area (Å²) < 4.78 is 0. The molecule has 5 heteroatoms. The summed E-state index contributed by atoms with van der Waals surface area (Å²) in [6.45, 7) is 2.20. The standard InChI is InChI=1S/C19H25N5/c1-2-6-17-16(5-1)22-19(23-17)24-10-7-13(8-11-24)15-12-21-18-14(15)4-3-9-20-18/h3-4,9,12-13,16-17H,1-2,5-8,10-11H2,(H,20,21)(H,22,23)/t16-,17-/m1/s1. The minimum absolute atomic E-state index is 0.533. The summed E-state index contributed by atoms with van der Waals surface area (Å²) in [6, 6.07) is 5.36. The lowest BCUT2D eigenvalue weighted by Crippen LogP contribution is -2.46. The Balaban J connectivity index is 1.28. The van der Waals surface area contributed by atoms with Crippen molar-refractivity contribution in [3.63, 3.8) is 0 Å². The number of fused-ring (bicyclic) bond motifs is 2. The minimum atomic E-state index is 0.533. The van der Waals surface area contributed by atoms with Crippen LogP contribution in [0.25, 0.3) is 11.0 Å². The predicted molar refractivity (Wildman–Crippen MR) is 96.3 cm³/mol. The van der Waals surface area contributed by atoms with Gasteiger partial charge in [-0.2, -0.15) is 0 Å². The van der Waals surface area contributed by atoms with Crippen LogP contribution in [-0.4, -0.2) is 46.0 Å². The van der Waals surface area contributed by atoms with E-state index in [2.05, 4.69) is 32.4 Å². The fourth-order valence-electron chi connectivity index (χ4n) is 4.68. The first-order valence-electron chi connectivity index (χ1n) is 9.40. The largest absolute Gasteiger partial charge is 0.351 e. The molecule has 5 nitrogen and oxygen atoms in total. The summed E-state index contributed by atoms with van der Waals surface area (Å²) in [4.78, 5) is 15.2. The van der Waals surface area contributed by atoms with Gasteiger partial charge in [0.05, 0.1) is 12.1 Å². The molecule has 2 atom stereocenters. The zero-order valence-electron chi connectivity index (χ0n) is 14.0. The van der Waals surface area contributed by atoms with Gasteiger partial charge in [-0.05, 0) is 49.3 Å². The molecule has 0 unspecified atom stereocenters. The molecule has 4 heterocycles. The Morgan fingerprint density at radius 2 is 1.96 bits per heavy atom. The summed E-state index contributed by atoms with van der Waals surface area (Å²) >= 11 is 0. The van der Waals surface area contributed by atoms with Crippen molar-refractivity contribution in [2.45, 2.75) is 56.5 Å². The third kappa shape index (κ3) is 2.38. The number of hydrogen-bond donors (Lipinski definition) is 2. The summed E-state index contributed by atoms with van der Waals surface area (Å²) in [7, 11) is 0. The second kappa shape index (κ2) is 5.80. The highest BCUT2D eigenvalue weighted by Crippen LogP contribution is 2.33. The number of nitrogens with one attached hydrogen (secondary N) is 2. The third-order valence-corrected chi connectivity index (χ3v) is 6.05. The van der Waals surface area contributed by atoms with Gasteiger partial charge in [0.2, 0.25) is 0 Å². The molecule has 24 heavy (non-hydrogen) atoms. The zero-order chi connectivity index (χ0) is 15.9. The number of aromatic amines is 1. The Labute approximate surface area is 142 Å². The van der Waals surface area contributed by atoms with E-state index >= 15 is 0 Å². The Morgan fingerprint density at radius 3 is 2.83 bits per heavy atom. The fourth-order valence-corrected chi connectivity index (χ4v) is 4.68. The summed E-state index contributed by atoms with van der Waals surface area (Å²) in [5, 5.41) is 4.99. The topological polar surface area (TPSA) is 56.3 Å². The number of nitrogens with zero attached hydrogens (tertiary/aromatic N) is 3. The molecule has 5 rings (SSSR count). The van der Waals surface area contributed by atoms with Gasteiger partial charge in [0, 0.05) is 30.9 Å². The molecular weight excluding hydrogens is 298 g/mol. The van der Waals surface area contributed by atoms with Crippen molar-refractivity contribution >= 4 is 17.0 Å².